The van der Waals surface area contributed by atoms with Gasteiger partial charge >= 0.3 is 0 Å². The molecule has 0 spiro atoms. The van der Waals surface area contributed by atoms with Gasteiger partial charge in [0.2, 0.25) is 0 Å². The second-order valence-electron chi connectivity index (χ2n) is 6.60. The van der Waals surface area contributed by atoms with Crippen molar-refractivity contribution in [2.75, 3.05) is 35.0 Å². The summed E-state index contributed by atoms with van der Waals surface area (Å²) in [4.78, 5) is 29.2. The summed E-state index contributed by atoms with van der Waals surface area (Å²) in [6.07, 6.45) is 2.21. The normalized spacial score (nSPS) is 14.7. The van der Waals surface area contributed by atoms with Crippen LogP contribution in [0.5, 0.6) is 23.0 Å². The standard InChI is InChI=1S/C22H24N2O6/c1-27-15-9-14(10-16(12-15)28-2)21(25)23-8-7-13-11-17-18(29-3)5-6-19(30-4)20(17)24-22(13)26/h5-6,9-13H,7-8H2,1-4H3,(H,23,25). The van der Waals surface area contributed by atoms with Gasteiger partial charge in [-0.15, -0.1) is 0 Å². The molecule has 2 amide bonds. The van der Waals surface area contributed by atoms with Gasteiger partial charge < -0.3 is 24.3 Å². The van der Waals surface area contributed by atoms with Crippen LogP contribution in [0.15, 0.2) is 35.3 Å². The third-order valence-corrected chi connectivity index (χ3v) is 4.84. The molecule has 2 aromatic rings. The molecule has 0 saturated heterocycles. The van der Waals surface area contributed by atoms with Gasteiger partial charge in [-0.25, -0.2) is 4.99 Å². The predicted molar refractivity (Wildman–Crippen MR) is 110 cm³/mol. The molecule has 3 rings (SSSR count). The predicted octanol–water partition coefficient (Wildman–Crippen LogP) is 1.10. The molecule has 0 saturated carbocycles. The SMILES string of the molecule is COc1cc(OC)cc(C(=O)NCCC2C=c3c(OC)ccc(OC)c3=NC2=O)c1. The zero-order valence-corrected chi connectivity index (χ0v) is 17.4. The molecule has 0 radical (unpaired) electrons. The molecule has 8 heteroatoms. The zero-order chi connectivity index (χ0) is 21.7. The number of rotatable bonds is 8. The summed E-state index contributed by atoms with van der Waals surface area (Å²) in [7, 11) is 6.12. The van der Waals surface area contributed by atoms with Crippen LogP contribution in [0, 0.1) is 5.92 Å². The third kappa shape index (κ3) is 4.37. The van der Waals surface area contributed by atoms with Crippen LogP contribution >= 0.6 is 0 Å². The van der Waals surface area contributed by atoms with Gasteiger partial charge in [0.05, 0.1) is 34.4 Å². The molecular formula is C22H24N2O6. The van der Waals surface area contributed by atoms with Gasteiger partial charge in [-0.3, -0.25) is 9.59 Å². The molecule has 30 heavy (non-hydrogen) atoms. The average molecular weight is 412 g/mol. The van der Waals surface area contributed by atoms with Crippen LogP contribution in [-0.4, -0.2) is 46.8 Å². The lowest BCUT2D eigenvalue weighted by atomic mass is 9.99. The maximum absolute atomic E-state index is 12.5. The fourth-order valence-electron chi connectivity index (χ4n) is 3.24. The van der Waals surface area contributed by atoms with Crippen molar-refractivity contribution < 1.29 is 28.5 Å². The molecule has 1 N–H and O–H groups in total. The third-order valence-electron chi connectivity index (χ3n) is 4.84. The Morgan fingerprint density at radius 2 is 1.60 bits per heavy atom. The first-order valence-electron chi connectivity index (χ1n) is 9.37. The number of carbonyl (C=O) groups is 2. The number of hydrogen-bond donors (Lipinski definition) is 1. The Morgan fingerprint density at radius 1 is 0.967 bits per heavy atom. The van der Waals surface area contributed by atoms with Crippen molar-refractivity contribution in [2.45, 2.75) is 6.42 Å². The Kier molecular flexibility index (Phi) is 6.56. The molecule has 1 atom stereocenters. The molecule has 158 valence electrons. The summed E-state index contributed by atoms with van der Waals surface area (Å²) in [6.45, 7) is 0.294. The summed E-state index contributed by atoms with van der Waals surface area (Å²) >= 11 is 0. The lowest BCUT2D eigenvalue weighted by Crippen LogP contribution is -2.37. The number of fused-ring (bicyclic) bond motifs is 1. The van der Waals surface area contributed by atoms with E-state index in [0.717, 1.165) is 0 Å². The zero-order valence-electron chi connectivity index (χ0n) is 17.4. The van der Waals surface area contributed by atoms with E-state index < -0.39 is 5.92 Å². The van der Waals surface area contributed by atoms with Crippen molar-refractivity contribution in [1.29, 1.82) is 0 Å². The van der Waals surface area contributed by atoms with Crippen molar-refractivity contribution >= 4 is 17.9 Å². The maximum Gasteiger partial charge on any atom is 0.253 e. The Labute approximate surface area is 174 Å². The summed E-state index contributed by atoms with van der Waals surface area (Å²) in [6, 6.07) is 8.42. The summed E-state index contributed by atoms with van der Waals surface area (Å²) < 4.78 is 21.1. The molecule has 1 aliphatic heterocycles. The average Bonchev–Trinajstić information content (AvgIpc) is 2.78. The molecule has 1 heterocycles. The van der Waals surface area contributed by atoms with Crippen molar-refractivity contribution in [2.24, 2.45) is 10.9 Å². The fourth-order valence-corrected chi connectivity index (χ4v) is 3.24. The van der Waals surface area contributed by atoms with Crippen LogP contribution in [0.4, 0.5) is 0 Å². The molecule has 0 aromatic heterocycles. The van der Waals surface area contributed by atoms with Crippen molar-refractivity contribution in [1.82, 2.24) is 5.32 Å². The number of hydrogen-bond acceptors (Lipinski definition) is 6. The molecule has 1 aliphatic rings. The van der Waals surface area contributed by atoms with Gasteiger partial charge in [0.15, 0.2) is 0 Å². The smallest absolute Gasteiger partial charge is 0.253 e. The van der Waals surface area contributed by atoms with E-state index in [-0.39, 0.29) is 11.8 Å². The number of benzene rings is 2. The van der Waals surface area contributed by atoms with E-state index in [9.17, 15) is 9.59 Å². The molecule has 0 bridgehead atoms. The summed E-state index contributed by atoms with van der Waals surface area (Å²) in [5.74, 6) is 1.12. The van der Waals surface area contributed by atoms with Gasteiger partial charge in [0, 0.05) is 23.4 Å². The number of nitrogens with one attached hydrogen (secondary N) is 1. The highest BCUT2D eigenvalue weighted by Crippen LogP contribution is 2.22. The fraction of sp³-hybridized carbons (Fsp3) is 0.318. The molecule has 1 unspecified atom stereocenters. The molecule has 2 aromatic carbocycles. The van der Waals surface area contributed by atoms with E-state index in [1.807, 2.05) is 6.08 Å². The van der Waals surface area contributed by atoms with Gasteiger partial charge in [-0.2, -0.15) is 0 Å². The van der Waals surface area contributed by atoms with Crippen LogP contribution in [0.1, 0.15) is 16.8 Å². The quantitative estimate of drug-likeness (QED) is 0.698. The minimum absolute atomic E-state index is 0.285. The van der Waals surface area contributed by atoms with Gasteiger partial charge in [-0.1, -0.05) is 6.08 Å². The number of carbonyl (C=O) groups excluding carboxylic acids is 2. The minimum Gasteiger partial charge on any atom is -0.497 e. The van der Waals surface area contributed by atoms with E-state index in [2.05, 4.69) is 10.3 Å². The summed E-state index contributed by atoms with van der Waals surface area (Å²) in [5.41, 5.74) is 0.409. The van der Waals surface area contributed by atoms with E-state index in [1.54, 1.807) is 37.4 Å². The number of ether oxygens (including phenoxy) is 4. The molecule has 8 nitrogen and oxygen atoms in total. The second-order valence-corrected chi connectivity index (χ2v) is 6.60. The van der Waals surface area contributed by atoms with Crippen LogP contribution < -0.4 is 34.8 Å². The van der Waals surface area contributed by atoms with Gasteiger partial charge in [-0.05, 0) is 30.7 Å². The largest absolute Gasteiger partial charge is 0.497 e. The number of nitrogens with zero attached hydrogens (tertiary/aromatic N) is 1. The van der Waals surface area contributed by atoms with Crippen LogP contribution in [0.25, 0.3) is 6.08 Å². The van der Waals surface area contributed by atoms with E-state index in [4.69, 9.17) is 18.9 Å². The first kappa shape index (κ1) is 21.2. The van der Waals surface area contributed by atoms with Crippen molar-refractivity contribution in [3.8, 4) is 23.0 Å². The number of methoxy groups -OCH3 is 4. The highest BCUT2D eigenvalue weighted by atomic mass is 16.5. The minimum atomic E-state index is -0.473. The van der Waals surface area contributed by atoms with Crippen LogP contribution in [0.2, 0.25) is 0 Å². The lowest BCUT2D eigenvalue weighted by Gasteiger charge is -2.15. The molecular weight excluding hydrogens is 388 g/mol. The monoisotopic (exact) mass is 412 g/mol. The number of amides is 2. The molecule has 0 fully saturated rings. The topological polar surface area (TPSA) is 95.5 Å². The van der Waals surface area contributed by atoms with E-state index in [1.165, 1.54) is 21.3 Å². The highest BCUT2D eigenvalue weighted by Gasteiger charge is 2.21. The van der Waals surface area contributed by atoms with Gasteiger partial charge in [0.1, 0.15) is 28.4 Å². The van der Waals surface area contributed by atoms with Gasteiger partial charge in [0.25, 0.3) is 11.8 Å². The van der Waals surface area contributed by atoms with E-state index in [0.29, 0.717) is 52.1 Å². The van der Waals surface area contributed by atoms with E-state index >= 15 is 0 Å². The van der Waals surface area contributed by atoms with Crippen molar-refractivity contribution in [3.05, 3.63) is 46.5 Å². The Morgan fingerprint density at radius 3 is 2.20 bits per heavy atom. The Hall–Kier alpha value is -3.55. The first-order valence-corrected chi connectivity index (χ1v) is 9.37. The highest BCUT2D eigenvalue weighted by molar-refractivity contribution is 5.95. The summed E-state index contributed by atoms with van der Waals surface area (Å²) in [5, 5.41) is 4.00. The Bertz CT molecular complexity index is 1060. The molecule has 0 aliphatic carbocycles. The second kappa shape index (κ2) is 9.30. The Balaban J connectivity index is 1.74. The lowest BCUT2D eigenvalue weighted by molar-refractivity contribution is -0.120. The van der Waals surface area contributed by atoms with Crippen LogP contribution in [0.3, 0.4) is 0 Å². The first-order chi connectivity index (χ1) is 14.5. The maximum atomic E-state index is 12.5. The van der Waals surface area contributed by atoms with Crippen molar-refractivity contribution in [3.63, 3.8) is 0 Å². The van der Waals surface area contributed by atoms with Crippen LogP contribution in [-0.2, 0) is 4.79 Å².